The summed E-state index contributed by atoms with van der Waals surface area (Å²) in [5.74, 6) is -2.36. The molecule has 0 fully saturated rings. The number of benzene rings is 3. The summed E-state index contributed by atoms with van der Waals surface area (Å²) >= 11 is 3.22. The monoisotopic (exact) mass is 1270 g/mol. The Morgan fingerprint density at radius 2 is 1.32 bits per heavy atom. The molecule has 0 bridgehead atoms. The van der Waals surface area contributed by atoms with E-state index in [2.05, 4.69) is 78.1 Å². The maximum atomic E-state index is 15.6. The fraction of sp³-hybridized carbons (Fsp3) is 0.564. The van der Waals surface area contributed by atoms with Gasteiger partial charge in [0.05, 0.1) is 77.0 Å². The number of hydrogen-bond acceptors (Lipinski definition) is 17. The first-order valence-corrected chi connectivity index (χ1v) is 32.5. The van der Waals surface area contributed by atoms with Crippen LogP contribution < -0.4 is 21.3 Å². The van der Waals surface area contributed by atoms with Crippen LogP contribution in [0, 0.1) is 25.5 Å². The highest BCUT2D eigenvalue weighted by molar-refractivity contribution is 9.09. The molecule has 26 heteroatoms. The van der Waals surface area contributed by atoms with Crippen molar-refractivity contribution in [1.82, 2.24) is 19.4 Å². The second-order valence-corrected chi connectivity index (χ2v) is 24.2. The second kappa shape index (κ2) is 40.3. The lowest BCUT2D eigenvalue weighted by atomic mass is 10.0. The van der Waals surface area contributed by atoms with Crippen molar-refractivity contribution < 1.29 is 70.8 Å². The lowest BCUT2D eigenvalue weighted by Crippen LogP contribution is -2.45. The topological polar surface area (TPSA) is 262 Å². The van der Waals surface area contributed by atoms with Gasteiger partial charge in [0.15, 0.2) is 11.6 Å². The Labute approximate surface area is 488 Å². The summed E-state index contributed by atoms with van der Waals surface area (Å²) in [4.78, 5) is 52.1. The van der Waals surface area contributed by atoms with Crippen molar-refractivity contribution in [3.8, 4) is 16.9 Å². The molecule has 81 heavy (non-hydrogen) atoms. The van der Waals surface area contributed by atoms with E-state index < -0.39 is 65.2 Å². The third-order valence-corrected chi connectivity index (χ3v) is 13.4. The fourth-order valence-electron chi connectivity index (χ4n) is 7.35. The minimum atomic E-state index is -3.22. The molecule has 0 aliphatic rings. The van der Waals surface area contributed by atoms with Gasteiger partial charge >= 0.3 is 17.6 Å². The third kappa shape index (κ3) is 33.7. The second-order valence-electron chi connectivity index (χ2n) is 18.5. The molecule has 1 aromatic heterocycles. The number of aromatic nitrogens is 2. The minimum absolute atomic E-state index is 0.0438. The SMILES string of the molecule is CC(C)OS(C)(=O)=O.CCN(C(C)C)C(C)C.CCOC(=O)CCCBr.CCOS(C)(=O)=O.COS(C)(=O)=O.COc1cccc(-c2c(C)n(Cc3c(C)cccc3F)c(=O)n(C[C@@H](NCCCC(=O)O)c3ccccc3)c2=O)c1F. The quantitative estimate of drug-likeness (QED) is 0.0288. The Morgan fingerprint density at radius 3 is 1.72 bits per heavy atom. The van der Waals surface area contributed by atoms with Gasteiger partial charge in [-0.25, -0.2) is 13.6 Å². The molecule has 0 amide bonds. The summed E-state index contributed by atoms with van der Waals surface area (Å²) in [5.41, 5.74) is 0.367. The van der Waals surface area contributed by atoms with Crippen molar-refractivity contribution in [3.63, 3.8) is 0 Å². The standard InChI is InChI=1S/C32H33F2N3O5.C8H19N.C6H11BrO2.C4H10O3S.C3H8O3S.C2H6O3S/c1-20-10-7-14-25(33)24(20)18-36-21(2)29(23-13-8-15-27(42-3)30(23)34)31(40)37(32(36)41)19-26(22-11-5-4-6-12-22)35-17-9-16-28(38)39;1-6-9(7(2)3)8(4)5;1-2-9-6(8)4-3-5-7;1-4(2)7-8(3,5)6;1-3-6-7(2,4)5;1-5-6(2,3)4/h4-8,10-15,26,35H,9,16-19H2,1-3H3,(H,38,39);7-8H,6H2,1-5H3;2-5H2,1H3;4H,1-3H3;3H2,1-2H3;1-2H3/t26-;;;;;/m1...../s1. The van der Waals surface area contributed by atoms with Gasteiger partial charge in [0.1, 0.15) is 5.82 Å². The number of carboxylic acid groups (broad SMARTS) is 1. The van der Waals surface area contributed by atoms with Crippen LogP contribution in [0.1, 0.15) is 116 Å². The molecule has 0 saturated carbocycles. The highest BCUT2D eigenvalue weighted by atomic mass is 79.9. The number of aliphatic carboxylic acids is 1. The predicted molar refractivity (Wildman–Crippen MR) is 318 cm³/mol. The van der Waals surface area contributed by atoms with Gasteiger partial charge in [-0.1, -0.05) is 77.5 Å². The Morgan fingerprint density at radius 1 is 0.753 bits per heavy atom. The Kier molecular flexibility index (Phi) is 38.9. The largest absolute Gasteiger partial charge is 0.494 e. The summed E-state index contributed by atoms with van der Waals surface area (Å²) in [5, 5.41) is 13.2. The number of carbonyl (C=O) groups is 2. The number of methoxy groups -OCH3 is 1. The van der Waals surface area contributed by atoms with Crippen LogP contribution in [0.4, 0.5) is 8.78 Å². The van der Waals surface area contributed by atoms with Gasteiger partial charge in [0.25, 0.3) is 35.9 Å². The molecule has 4 aromatic rings. The number of rotatable bonds is 24. The number of nitrogens with zero attached hydrogens (tertiary/aromatic N) is 3. The van der Waals surface area contributed by atoms with E-state index >= 15 is 4.39 Å². The zero-order valence-electron chi connectivity index (χ0n) is 49.7. The molecular weight excluding hydrogens is 1190 g/mol. The zero-order chi connectivity index (χ0) is 62.8. The van der Waals surface area contributed by atoms with E-state index in [1.807, 2.05) is 37.3 Å². The molecule has 0 spiro atoms. The van der Waals surface area contributed by atoms with Crippen molar-refractivity contribution in [2.45, 2.75) is 139 Å². The van der Waals surface area contributed by atoms with Crippen LogP contribution >= 0.6 is 15.9 Å². The smallest absolute Gasteiger partial charge is 0.331 e. The van der Waals surface area contributed by atoms with Gasteiger partial charge in [-0.3, -0.25) is 41.0 Å². The van der Waals surface area contributed by atoms with Crippen LogP contribution in [-0.4, -0.2) is 139 Å². The van der Waals surface area contributed by atoms with Crippen LogP contribution in [0.5, 0.6) is 5.75 Å². The van der Waals surface area contributed by atoms with E-state index in [1.54, 1.807) is 45.9 Å². The van der Waals surface area contributed by atoms with Gasteiger partial charge in [-0.15, -0.1) is 0 Å². The molecule has 4 rings (SSSR count). The molecule has 2 N–H and O–H groups in total. The maximum Gasteiger partial charge on any atom is 0.331 e. The summed E-state index contributed by atoms with van der Waals surface area (Å²) in [6.07, 6.45) is 4.48. The molecule has 1 atom stereocenters. The van der Waals surface area contributed by atoms with Gasteiger partial charge in [-0.05, 0) is 118 Å². The number of ether oxygens (including phenoxy) is 2. The third-order valence-electron chi connectivity index (χ3n) is 10.8. The molecular formula is C55H87BrF2N4O16S3. The van der Waals surface area contributed by atoms with Crippen molar-refractivity contribution >= 4 is 58.2 Å². The van der Waals surface area contributed by atoms with Crippen molar-refractivity contribution in [3.05, 3.63) is 122 Å². The average molecular weight is 1270 g/mol. The summed E-state index contributed by atoms with van der Waals surface area (Å²) < 4.78 is 115. The molecule has 0 unspecified atom stereocenters. The first-order valence-electron chi connectivity index (χ1n) is 25.9. The molecule has 20 nitrogen and oxygen atoms in total. The number of nitrogens with one attached hydrogen (secondary N) is 1. The van der Waals surface area contributed by atoms with Gasteiger partial charge in [-0.2, -0.15) is 25.3 Å². The van der Waals surface area contributed by atoms with Crippen molar-refractivity contribution in [2.24, 2.45) is 0 Å². The zero-order valence-corrected chi connectivity index (χ0v) is 53.7. The first kappa shape index (κ1) is 78.1. The van der Waals surface area contributed by atoms with Gasteiger partial charge in [0, 0.05) is 47.1 Å². The lowest BCUT2D eigenvalue weighted by Gasteiger charge is -2.28. The van der Waals surface area contributed by atoms with Crippen LogP contribution in [0.25, 0.3) is 11.1 Å². The molecule has 3 aromatic carbocycles. The summed E-state index contributed by atoms with van der Waals surface area (Å²) in [6.45, 7) is 23.1. The van der Waals surface area contributed by atoms with Crippen molar-refractivity contribution in [1.29, 1.82) is 0 Å². The number of carbonyl (C=O) groups excluding carboxylic acids is 1. The van der Waals surface area contributed by atoms with E-state index in [0.29, 0.717) is 43.6 Å². The predicted octanol–water partition coefficient (Wildman–Crippen LogP) is 8.62. The van der Waals surface area contributed by atoms with E-state index in [0.717, 1.165) is 54.3 Å². The lowest BCUT2D eigenvalue weighted by molar-refractivity contribution is -0.143. The summed E-state index contributed by atoms with van der Waals surface area (Å²) in [7, 11) is -7.12. The number of aryl methyl sites for hydroxylation is 1. The molecule has 0 aliphatic carbocycles. The highest BCUT2D eigenvalue weighted by Gasteiger charge is 2.25. The number of halogens is 3. The summed E-state index contributed by atoms with van der Waals surface area (Å²) in [6, 6.07) is 19.0. The van der Waals surface area contributed by atoms with Crippen molar-refractivity contribution in [2.75, 3.05) is 64.6 Å². The number of hydrogen-bond donors (Lipinski definition) is 2. The van der Waals surface area contributed by atoms with Crippen LogP contribution in [0.3, 0.4) is 0 Å². The van der Waals surface area contributed by atoms with Gasteiger partial charge in [0.2, 0.25) is 0 Å². The molecule has 0 saturated heterocycles. The van der Waals surface area contributed by atoms with E-state index in [9.17, 15) is 48.8 Å². The van der Waals surface area contributed by atoms with E-state index in [-0.39, 0.29) is 66.3 Å². The Bertz CT molecular complexity index is 2930. The molecule has 0 radical (unpaired) electrons. The highest BCUT2D eigenvalue weighted by Crippen LogP contribution is 2.29. The van der Waals surface area contributed by atoms with Crippen LogP contribution in [0.2, 0.25) is 0 Å². The Hall–Kier alpha value is -4.93. The molecule has 0 aliphatic heterocycles. The maximum absolute atomic E-state index is 15.6. The molecule has 1 heterocycles. The number of alkyl halides is 1. The normalized spacial score (nSPS) is 11.6. The fourth-order valence-corrected chi connectivity index (χ4v) is 8.76. The first-order chi connectivity index (χ1) is 37.6. The number of esters is 1. The van der Waals surface area contributed by atoms with Crippen LogP contribution in [-0.2, 0) is 70.3 Å². The average Bonchev–Trinajstić information content (AvgIpc) is 3.40. The van der Waals surface area contributed by atoms with E-state index in [4.69, 9.17) is 9.84 Å². The Balaban J connectivity index is 0. The molecule has 462 valence electrons. The minimum Gasteiger partial charge on any atom is -0.494 e. The van der Waals surface area contributed by atoms with Gasteiger partial charge < -0.3 is 19.9 Å². The number of carboxylic acids is 1. The van der Waals surface area contributed by atoms with Crippen LogP contribution in [0.15, 0.2) is 76.3 Å². The van der Waals surface area contributed by atoms with E-state index in [1.165, 1.54) is 36.8 Å².